The topological polar surface area (TPSA) is 69.6 Å². The summed E-state index contributed by atoms with van der Waals surface area (Å²) < 4.78 is 58.7. The van der Waals surface area contributed by atoms with E-state index in [4.69, 9.17) is 0 Å². The van der Waals surface area contributed by atoms with Crippen LogP contribution in [0.2, 0.25) is 0 Å². The van der Waals surface area contributed by atoms with Gasteiger partial charge in [0.1, 0.15) is 11.6 Å². The number of anilines is 1. The molecule has 34 heavy (non-hydrogen) atoms. The van der Waals surface area contributed by atoms with E-state index in [1.165, 1.54) is 19.1 Å². The number of hydrogen-bond donors (Lipinski definition) is 2. The zero-order valence-electron chi connectivity index (χ0n) is 18.9. The fraction of sp³-hybridized carbons (Fsp3) is 0.440. The van der Waals surface area contributed by atoms with Crippen molar-refractivity contribution in [3.63, 3.8) is 0 Å². The minimum Gasteiger partial charge on any atom is -0.396 e. The molecule has 2 saturated heterocycles. The first kappa shape index (κ1) is 24.2. The third-order valence-electron chi connectivity index (χ3n) is 6.94. The molecule has 2 amide bonds. The molecule has 2 aliphatic rings. The number of piperidine rings is 1. The summed E-state index contributed by atoms with van der Waals surface area (Å²) >= 11 is 0. The van der Waals surface area contributed by atoms with Crippen molar-refractivity contribution in [2.75, 3.05) is 11.9 Å². The maximum absolute atomic E-state index is 15.4. The number of nitrogens with one attached hydrogen (secondary N) is 1. The Morgan fingerprint density at radius 2 is 1.71 bits per heavy atom. The van der Waals surface area contributed by atoms with Gasteiger partial charge in [-0.25, -0.2) is 8.78 Å². The molecular weight excluding hydrogens is 452 g/mol. The monoisotopic (exact) mass is 478 g/mol. The summed E-state index contributed by atoms with van der Waals surface area (Å²) in [5.74, 6) is -8.23. The van der Waals surface area contributed by atoms with Crippen LogP contribution in [0, 0.1) is 24.0 Å². The molecular formula is C25H26F4N2O3. The van der Waals surface area contributed by atoms with Crippen molar-refractivity contribution in [3.05, 3.63) is 64.7 Å². The largest absolute Gasteiger partial charge is 0.396 e. The lowest BCUT2D eigenvalue weighted by Gasteiger charge is -2.45. The summed E-state index contributed by atoms with van der Waals surface area (Å²) in [6, 6.07) is 5.40. The lowest BCUT2D eigenvalue weighted by Crippen LogP contribution is -2.54. The third-order valence-corrected chi connectivity index (χ3v) is 6.94. The maximum atomic E-state index is 15.4. The fourth-order valence-corrected chi connectivity index (χ4v) is 5.15. The molecule has 0 radical (unpaired) electrons. The Labute approximate surface area is 194 Å². The van der Waals surface area contributed by atoms with Crippen LogP contribution in [-0.2, 0) is 10.7 Å². The average Bonchev–Trinajstić information content (AvgIpc) is 3.07. The normalized spacial score (nSPS) is 24.3. The predicted octanol–water partition coefficient (Wildman–Crippen LogP) is 4.77. The number of aliphatic hydroxyl groups is 1. The lowest BCUT2D eigenvalue weighted by molar-refractivity contribution is -0.167. The van der Waals surface area contributed by atoms with Crippen molar-refractivity contribution in [2.24, 2.45) is 5.41 Å². The lowest BCUT2D eigenvalue weighted by atomic mass is 9.77. The molecule has 2 bridgehead atoms. The van der Waals surface area contributed by atoms with Crippen molar-refractivity contribution in [3.8, 4) is 0 Å². The van der Waals surface area contributed by atoms with E-state index < -0.39 is 52.4 Å². The summed E-state index contributed by atoms with van der Waals surface area (Å²) in [5.41, 5.74) is -1.35. The van der Waals surface area contributed by atoms with Gasteiger partial charge < -0.3 is 15.3 Å². The van der Waals surface area contributed by atoms with Crippen molar-refractivity contribution in [2.45, 2.75) is 57.5 Å². The Balaban J connectivity index is 1.58. The number of alkyl halides is 2. The summed E-state index contributed by atoms with van der Waals surface area (Å²) in [6.07, 6.45) is 1.88. The third kappa shape index (κ3) is 4.29. The van der Waals surface area contributed by atoms with Crippen LogP contribution in [0.15, 0.2) is 36.4 Å². The maximum Gasteiger partial charge on any atom is 0.352 e. The summed E-state index contributed by atoms with van der Waals surface area (Å²) in [7, 11) is 0. The van der Waals surface area contributed by atoms with Crippen molar-refractivity contribution < 1.29 is 32.3 Å². The highest BCUT2D eigenvalue weighted by atomic mass is 19.3. The van der Waals surface area contributed by atoms with E-state index >= 15 is 8.78 Å². The number of carbonyl (C=O) groups is 2. The van der Waals surface area contributed by atoms with Crippen molar-refractivity contribution >= 4 is 17.5 Å². The highest BCUT2D eigenvalue weighted by Gasteiger charge is 2.55. The fourth-order valence-electron chi connectivity index (χ4n) is 5.15. The molecule has 2 aliphatic heterocycles. The molecule has 2 N–H and O–H groups in total. The zero-order valence-corrected chi connectivity index (χ0v) is 18.9. The quantitative estimate of drug-likeness (QED) is 0.609. The number of nitrogens with zero attached hydrogens (tertiary/aromatic N) is 1. The van der Waals surface area contributed by atoms with Gasteiger partial charge in [0, 0.05) is 29.9 Å². The molecule has 0 aliphatic carbocycles. The average molecular weight is 478 g/mol. The standard InChI is InChI=1S/C25H26F4N2O3/c1-14-9-16(4-8-20(14)26)30-22(33)15-3-7-21(27)19(10-15)25(28,29)23(34)31-17-5-6-18(31)12-24(2,11-17)13-32/h3-4,7-10,17-18,32H,5-6,11-13H2,1-2H3,(H,30,33). The van der Waals surface area contributed by atoms with Crippen LogP contribution >= 0.6 is 0 Å². The molecule has 0 spiro atoms. The van der Waals surface area contributed by atoms with Crippen LogP contribution < -0.4 is 5.32 Å². The van der Waals surface area contributed by atoms with E-state index in [9.17, 15) is 23.5 Å². The van der Waals surface area contributed by atoms with Gasteiger partial charge in [0.05, 0.1) is 5.56 Å². The summed E-state index contributed by atoms with van der Waals surface area (Å²) in [6.45, 7) is 3.27. The van der Waals surface area contributed by atoms with Crippen LogP contribution in [-0.4, -0.2) is 40.5 Å². The Bertz CT molecular complexity index is 1120. The van der Waals surface area contributed by atoms with Crippen molar-refractivity contribution in [1.82, 2.24) is 4.90 Å². The van der Waals surface area contributed by atoms with E-state index in [-0.39, 0.29) is 23.4 Å². The second-order valence-corrected chi connectivity index (χ2v) is 9.66. The van der Waals surface area contributed by atoms with Crippen LogP contribution in [0.3, 0.4) is 0 Å². The van der Waals surface area contributed by atoms with Gasteiger partial charge in [-0.2, -0.15) is 8.78 Å². The number of hydrogen-bond acceptors (Lipinski definition) is 3. The highest BCUT2D eigenvalue weighted by Crippen LogP contribution is 2.47. The Kier molecular flexibility index (Phi) is 6.18. The molecule has 2 heterocycles. The van der Waals surface area contributed by atoms with Crippen LogP contribution in [0.5, 0.6) is 0 Å². The Morgan fingerprint density at radius 3 is 2.29 bits per heavy atom. The predicted molar refractivity (Wildman–Crippen MR) is 117 cm³/mol. The van der Waals surface area contributed by atoms with E-state index in [1.807, 2.05) is 6.92 Å². The molecule has 0 saturated carbocycles. The number of benzene rings is 2. The number of aryl methyl sites for hydroxylation is 1. The molecule has 182 valence electrons. The van der Waals surface area contributed by atoms with E-state index in [1.54, 1.807) is 0 Å². The number of rotatable bonds is 5. The van der Waals surface area contributed by atoms with Gasteiger partial charge in [-0.15, -0.1) is 0 Å². The first-order valence-electron chi connectivity index (χ1n) is 11.1. The van der Waals surface area contributed by atoms with Crippen LogP contribution in [0.4, 0.5) is 23.2 Å². The molecule has 2 aromatic rings. The number of fused-ring (bicyclic) bond motifs is 2. The van der Waals surface area contributed by atoms with Crippen LogP contribution in [0.25, 0.3) is 0 Å². The second-order valence-electron chi connectivity index (χ2n) is 9.66. The van der Waals surface area contributed by atoms with Gasteiger partial charge in [-0.1, -0.05) is 6.92 Å². The van der Waals surface area contributed by atoms with Gasteiger partial charge in [0.2, 0.25) is 0 Å². The molecule has 2 fully saturated rings. The molecule has 2 atom stereocenters. The Hall–Kier alpha value is -2.94. The molecule has 5 nitrogen and oxygen atoms in total. The summed E-state index contributed by atoms with van der Waals surface area (Å²) in [4.78, 5) is 26.7. The van der Waals surface area contributed by atoms with Gasteiger partial charge in [-0.3, -0.25) is 9.59 Å². The first-order valence-corrected chi connectivity index (χ1v) is 11.1. The van der Waals surface area contributed by atoms with E-state index in [0.717, 1.165) is 23.1 Å². The molecule has 4 rings (SSSR count). The van der Waals surface area contributed by atoms with Gasteiger partial charge in [0.25, 0.3) is 11.8 Å². The second kappa shape index (κ2) is 8.69. The smallest absolute Gasteiger partial charge is 0.352 e. The molecule has 9 heteroatoms. The SMILES string of the molecule is Cc1cc(NC(=O)c2ccc(F)c(C(F)(F)C(=O)N3C4CCC3CC(C)(CO)C4)c2)ccc1F. The van der Waals surface area contributed by atoms with Crippen molar-refractivity contribution in [1.29, 1.82) is 0 Å². The van der Waals surface area contributed by atoms with Gasteiger partial charge >= 0.3 is 5.92 Å². The van der Waals surface area contributed by atoms with Gasteiger partial charge in [-0.05, 0) is 80.0 Å². The van der Waals surface area contributed by atoms with Gasteiger partial charge in [0.15, 0.2) is 0 Å². The molecule has 2 aromatic carbocycles. The van der Waals surface area contributed by atoms with E-state index in [2.05, 4.69) is 5.32 Å². The minimum absolute atomic E-state index is 0.0994. The van der Waals surface area contributed by atoms with Crippen LogP contribution in [0.1, 0.15) is 54.1 Å². The van der Waals surface area contributed by atoms with E-state index in [0.29, 0.717) is 31.7 Å². The number of halogens is 4. The summed E-state index contributed by atoms with van der Waals surface area (Å²) in [5, 5.41) is 12.1. The Morgan fingerprint density at radius 1 is 1.09 bits per heavy atom. The first-order chi connectivity index (χ1) is 15.9. The zero-order chi connectivity index (χ0) is 24.8. The molecule has 2 unspecified atom stereocenters. The number of carbonyl (C=O) groups excluding carboxylic acids is 2. The molecule has 0 aromatic heterocycles. The highest BCUT2D eigenvalue weighted by molar-refractivity contribution is 6.04. The number of aliphatic hydroxyl groups excluding tert-OH is 1. The minimum atomic E-state index is -4.18. The number of amides is 2.